The first-order chi connectivity index (χ1) is 18.4. The number of nitrogens with zero attached hydrogens (tertiary/aromatic N) is 4. The molecule has 0 bridgehead atoms. The molecule has 5 rings (SSSR count). The molecule has 1 fully saturated rings. The number of phenolic OH excluding ortho intramolecular Hbond substituents is 1. The highest BCUT2D eigenvalue weighted by Gasteiger charge is 2.17. The Bertz CT molecular complexity index is 1480. The molecule has 0 unspecified atom stereocenters. The van der Waals surface area contributed by atoms with Crippen LogP contribution in [0.25, 0.3) is 11.1 Å². The van der Waals surface area contributed by atoms with E-state index in [-0.39, 0.29) is 17.5 Å². The predicted molar refractivity (Wildman–Crippen MR) is 149 cm³/mol. The number of hydrazone groups is 1. The van der Waals surface area contributed by atoms with E-state index in [4.69, 9.17) is 16.3 Å². The first-order valence-electron chi connectivity index (χ1n) is 12.1. The summed E-state index contributed by atoms with van der Waals surface area (Å²) in [5.41, 5.74) is 8.14. The van der Waals surface area contributed by atoms with E-state index < -0.39 is 5.82 Å². The van der Waals surface area contributed by atoms with Crippen LogP contribution in [0.1, 0.15) is 11.1 Å². The Labute approximate surface area is 224 Å². The molecule has 0 amide bonds. The Kier molecular flexibility index (Phi) is 7.67. The summed E-state index contributed by atoms with van der Waals surface area (Å²) in [7, 11) is 0. The van der Waals surface area contributed by atoms with Crippen molar-refractivity contribution >= 4 is 41.0 Å². The molecule has 3 aromatic carbocycles. The van der Waals surface area contributed by atoms with Gasteiger partial charge in [0.25, 0.3) is 0 Å². The highest BCUT2D eigenvalue weighted by Crippen LogP contribution is 2.31. The lowest BCUT2D eigenvalue weighted by atomic mass is 10.0. The first kappa shape index (κ1) is 25.4. The number of rotatable bonds is 7. The van der Waals surface area contributed by atoms with E-state index in [1.54, 1.807) is 24.4 Å². The lowest BCUT2D eigenvalue weighted by Crippen LogP contribution is -2.37. The van der Waals surface area contributed by atoms with Crippen molar-refractivity contribution in [2.75, 3.05) is 41.9 Å². The maximum absolute atomic E-state index is 14.2. The van der Waals surface area contributed by atoms with Gasteiger partial charge in [0.2, 0.25) is 5.95 Å². The molecule has 0 radical (unpaired) electrons. The summed E-state index contributed by atoms with van der Waals surface area (Å²) in [6.45, 7) is 4.19. The van der Waals surface area contributed by atoms with Gasteiger partial charge < -0.3 is 20.1 Å². The van der Waals surface area contributed by atoms with Crippen molar-refractivity contribution in [3.8, 4) is 16.9 Å². The van der Waals surface area contributed by atoms with E-state index in [0.29, 0.717) is 31.3 Å². The molecule has 10 heteroatoms. The first-order valence-corrected chi connectivity index (χ1v) is 12.4. The molecule has 3 N–H and O–H groups in total. The number of nitrogens with one attached hydrogen (secondary N) is 2. The molecule has 8 nitrogen and oxygen atoms in total. The van der Waals surface area contributed by atoms with Gasteiger partial charge in [-0.1, -0.05) is 29.8 Å². The van der Waals surface area contributed by atoms with Crippen molar-refractivity contribution in [2.24, 2.45) is 5.10 Å². The highest BCUT2D eigenvalue weighted by molar-refractivity contribution is 6.31. The topological polar surface area (TPSA) is 94.9 Å². The number of benzene rings is 3. The fourth-order valence-electron chi connectivity index (χ4n) is 4.15. The van der Waals surface area contributed by atoms with Crippen LogP contribution in [-0.4, -0.2) is 47.6 Å². The molecule has 0 saturated carbocycles. The van der Waals surface area contributed by atoms with Crippen molar-refractivity contribution in [1.82, 2.24) is 9.97 Å². The molecular weight excluding hydrogens is 507 g/mol. The number of halogens is 2. The van der Waals surface area contributed by atoms with Crippen molar-refractivity contribution < 1.29 is 14.2 Å². The normalized spacial score (nSPS) is 13.6. The van der Waals surface area contributed by atoms with Crippen molar-refractivity contribution in [1.29, 1.82) is 0 Å². The number of morpholine rings is 1. The average Bonchev–Trinajstić information content (AvgIpc) is 2.91. The largest absolute Gasteiger partial charge is 0.508 e. The summed E-state index contributed by atoms with van der Waals surface area (Å²) in [6.07, 6.45) is 2.81. The maximum Gasteiger partial charge on any atom is 0.245 e. The Balaban J connectivity index is 1.27. The van der Waals surface area contributed by atoms with E-state index in [1.165, 1.54) is 0 Å². The minimum atomic E-state index is -0.478. The van der Waals surface area contributed by atoms with Gasteiger partial charge in [-0.15, -0.1) is 0 Å². The molecular formula is C28H26ClFN6O2. The fraction of sp³-hybridized carbons (Fsp3) is 0.179. The van der Waals surface area contributed by atoms with Crippen molar-refractivity contribution in [2.45, 2.75) is 6.92 Å². The van der Waals surface area contributed by atoms with Gasteiger partial charge in [0.15, 0.2) is 11.6 Å². The Morgan fingerprint density at radius 2 is 1.89 bits per heavy atom. The van der Waals surface area contributed by atoms with Gasteiger partial charge in [-0.05, 0) is 71.6 Å². The summed E-state index contributed by atoms with van der Waals surface area (Å²) < 4.78 is 19.6. The molecule has 194 valence electrons. The zero-order valence-electron chi connectivity index (χ0n) is 20.7. The molecule has 1 aliphatic heterocycles. The number of anilines is 4. The van der Waals surface area contributed by atoms with Crippen molar-refractivity contribution in [3.05, 3.63) is 88.8 Å². The molecule has 2 heterocycles. The molecule has 1 saturated heterocycles. The standard InChI is InChI=1S/C28H26ClFN6O2/c1-18-11-23(33-24-13-21(12-22(29)15-24)19-3-2-4-25(37)14-19)6-5-20(18)16-32-35-28-31-17-26(30)27(34-28)36-7-9-38-10-8-36/h2-6,11-17,33,37H,7-10H2,1H3,(H,31,34,35)/b32-16+. The predicted octanol–water partition coefficient (Wildman–Crippen LogP) is 5.98. The lowest BCUT2D eigenvalue weighted by molar-refractivity contribution is 0.122. The third-order valence-electron chi connectivity index (χ3n) is 6.04. The SMILES string of the molecule is Cc1cc(Nc2cc(Cl)cc(-c3cccc(O)c3)c2)ccc1/C=N/Nc1ncc(F)c(N2CCOCC2)n1. The quantitative estimate of drug-likeness (QED) is 0.199. The number of aromatic hydroxyl groups is 1. The number of ether oxygens (including phenoxy) is 1. The molecule has 0 aliphatic carbocycles. The van der Waals surface area contributed by atoms with Crippen LogP contribution >= 0.6 is 11.6 Å². The van der Waals surface area contributed by atoms with Crippen LogP contribution in [0.2, 0.25) is 5.02 Å². The van der Waals surface area contributed by atoms with E-state index in [2.05, 4.69) is 25.8 Å². The van der Waals surface area contributed by atoms with Gasteiger partial charge in [0, 0.05) is 29.5 Å². The van der Waals surface area contributed by atoms with Crippen LogP contribution in [0, 0.1) is 12.7 Å². The minimum absolute atomic E-state index is 0.197. The smallest absolute Gasteiger partial charge is 0.245 e. The Morgan fingerprint density at radius 3 is 2.68 bits per heavy atom. The fourth-order valence-corrected chi connectivity index (χ4v) is 4.38. The average molecular weight is 533 g/mol. The van der Waals surface area contributed by atoms with Crippen LogP contribution in [-0.2, 0) is 4.74 Å². The monoisotopic (exact) mass is 532 g/mol. The Morgan fingerprint density at radius 1 is 1.05 bits per heavy atom. The zero-order chi connectivity index (χ0) is 26.5. The molecule has 4 aromatic rings. The number of aryl methyl sites for hydroxylation is 1. The molecule has 38 heavy (non-hydrogen) atoms. The van der Waals surface area contributed by atoms with Gasteiger partial charge in [0.05, 0.1) is 25.6 Å². The maximum atomic E-state index is 14.2. The van der Waals surface area contributed by atoms with Crippen LogP contribution in [0.5, 0.6) is 5.75 Å². The molecule has 1 aromatic heterocycles. The van der Waals surface area contributed by atoms with Gasteiger partial charge in [-0.2, -0.15) is 10.1 Å². The van der Waals surface area contributed by atoms with Gasteiger partial charge in [-0.25, -0.2) is 14.8 Å². The van der Waals surface area contributed by atoms with Crippen LogP contribution < -0.4 is 15.6 Å². The second-order valence-electron chi connectivity index (χ2n) is 8.81. The second-order valence-corrected chi connectivity index (χ2v) is 9.25. The summed E-state index contributed by atoms with van der Waals surface area (Å²) in [5, 5.41) is 18.0. The molecule has 1 aliphatic rings. The van der Waals surface area contributed by atoms with E-state index in [9.17, 15) is 9.50 Å². The van der Waals surface area contributed by atoms with Crippen LogP contribution in [0.4, 0.5) is 27.5 Å². The second kappa shape index (κ2) is 11.5. The Hall–Kier alpha value is -4.21. The molecule has 0 atom stereocenters. The zero-order valence-corrected chi connectivity index (χ0v) is 21.4. The summed E-state index contributed by atoms with van der Waals surface area (Å²) in [5.74, 6) is 0.168. The van der Waals surface area contributed by atoms with Gasteiger partial charge >= 0.3 is 0 Å². The van der Waals surface area contributed by atoms with Crippen LogP contribution in [0.3, 0.4) is 0 Å². The molecule has 0 spiro atoms. The number of aromatic nitrogens is 2. The third kappa shape index (κ3) is 6.19. The van der Waals surface area contributed by atoms with Crippen molar-refractivity contribution in [3.63, 3.8) is 0 Å². The number of hydrogen-bond acceptors (Lipinski definition) is 8. The number of hydrogen-bond donors (Lipinski definition) is 3. The van der Waals surface area contributed by atoms with Gasteiger partial charge in [-0.3, -0.25) is 0 Å². The highest BCUT2D eigenvalue weighted by atomic mass is 35.5. The van der Waals surface area contributed by atoms with E-state index in [0.717, 1.165) is 39.8 Å². The minimum Gasteiger partial charge on any atom is -0.508 e. The third-order valence-corrected chi connectivity index (χ3v) is 6.26. The summed E-state index contributed by atoms with van der Waals surface area (Å²) in [6, 6.07) is 18.6. The van der Waals surface area contributed by atoms with Crippen LogP contribution in [0.15, 0.2) is 72.0 Å². The number of phenols is 1. The lowest BCUT2D eigenvalue weighted by Gasteiger charge is -2.27. The summed E-state index contributed by atoms with van der Waals surface area (Å²) in [4.78, 5) is 10.1. The van der Waals surface area contributed by atoms with E-state index in [1.807, 2.05) is 54.3 Å². The van der Waals surface area contributed by atoms with E-state index >= 15 is 0 Å². The summed E-state index contributed by atoms with van der Waals surface area (Å²) >= 11 is 6.37. The van der Waals surface area contributed by atoms with Gasteiger partial charge in [0.1, 0.15) is 5.75 Å².